The molecule has 0 aromatic heterocycles. The van der Waals surface area contributed by atoms with Crippen molar-refractivity contribution < 1.29 is 29.9 Å². The van der Waals surface area contributed by atoms with E-state index in [9.17, 15) is 20.4 Å². The van der Waals surface area contributed by atoms with Crippen molar-refractivity contribution in [3.05, 3.63) is 89.5 Å². The molecule has 0 saturated carbocycles. The first-order valence-electron chi connectivity index (χ1n) is 10.6. The lowest BCUT2D eigenvalue weighted by Crippen LogP contribution is -2.55. The Hall–Kier alpha value is -2.74. The molecular weight excluding hydrogens is 408 g/mol. The van der Waals surface area contributed by atoms with E-state index in [1.165, 1.54) is 0 Å². The van der Waals surface area contributed by atoms with E-state index in [0.29, 0.717) is 17.7 Å². The van der Waals surface area contributed by atoms with E-state index in [-0.39, 0.29) is 0 Å². The Bertz CT molecular complexity index is 1020. The van der Waals surface area contributed by atoms with Gasteiger partial charge in [-0.25, -0.2) is 0 Å². The van der Waals surface area contributed by atoms with Gasteiger partial charge < -0.3 is 29.9 Å². The third-order valence-corrected chi connectivity index (χ3v) is 5.98. The minimum absolute atomic E-state index is 0.460. The van der Waals surface area contributed by atoms with Gasteiger partial charge in [0.2, 0.25) is 0 Å². The number of hydrogen-bond donors (Lipinski definition) is 4. The SMILES string of the molecule is COc1ccc(C2OC(CO)C(O)C(O)C2O)cc1Cc1ccc(-c2ccccc2)cc1. The number of aliphatic hydroxyl groups is 4. The van der Waals surface area contributed by atoms with Crippen LogP contribution in [0.2, 0.25) is 0 Å². The molecule has 1 fully saturated rings. The quantitative estimate of drug-likeness (QED) is 0.474. The van der Waals surface area contributed by atoms with Crippen LogP contribution in [0.4, 0.5) is 0 Å². The average Bonchev–Trinajstić information content (AvgIpc) is 2.84. The molecule has 168 valence electrons. The summed E-state index contributed by atoms with van der Waals surface area (Å²) in [5.41, 5.74) is 4.92. The topological polar surface area (TPSA) is 99.4 Å². The van der Waals surface area contributed by atoms with Gasteiger partial charge in [0, 0.05) is 6.42 Å². The van der Waals surface area contributed by atoms with Gasteiger partial charge in [-0.3, -0.25) is 0 Å². The van der Waals surface area contributed by atoms with Crippen LogP contribution in [0.5, 0.6) is 5.75 Å². The van der Waals surface area contributed by atoms with Gasteiger partial charge in [-0.05, 0) is 39.9 Å². The minimum Gasteiger partial charge on any atom is -0.496 e. The zero-order valence-corrected chi connectivity index (χ0v) is 17.8. The normalized spacial score (nSPS) is 25.5. The Balaban J connectivity index is 1.59. The number of rotatable bonds is 6. The van der Waals surface area contributed by atoms with Crippen molar-refractivity contribution in [3.8, 4) is 16.9 Å². The maximum absolute atomic E-state index is 10.5. The molecule has 0 bridgehead atoms. The molecule has 0 spiro atoms. The molecule has 1 aliphatic rings. The zero-order valence-electron chi connectivity index (χ0n) is 17.8. The van der Waals surface area contributed by atoms with E-state index in [0.717, 1.165) is 22.3 Å². The summed E-state index contributed by atoms with van der Waals surface area (Å²) in [4.78, 5) is 0. The second kappa shape index (κ2) is 9.81. The highest BCUT2D eigenvalue weighted by molar-refractivity contribution is 5.63. The molecule has 4 N–H and O–H groups in total. The monoisotopic (exact) mass is 436 g/mol. The second-order valence-corrected chi connectivity index (χ2v) is 8.06. The van der Waals surface area contributed by atoms with Gasteiger partial charge in [-0.2, -0.15) is 0 Å². The van der Waals surface area contributed by atoms with Crippen LogP contribution in [-0.2, 0) is 11.2 Å². The number of benzene rings is 3. The summed E-state index contributed by atoms with van der Waals surface area (Å²) in [7, 11) is 1.60. The Labute approximate surface area is 187 Å². The summed E-state index contributed by atoms with van der Waals surface area (Å²) < 4.78 is 11.2. The lowest BCUT2D eigenvalue weighted by molar-refractivity contribution is -0.231. The Kier molecular flexibility index (Phi) is 6.89. The Morgan fingerprint density at radius 3 is 2.16 bits per heavy atom. The van der Waals surface area contributed by atoms with E-state index in [4.69, 9.17) is 9.47 Å². The van der Waals surface area contributed by atoms with Crippen molar-refractivity contribution in [2.45, 2.75) is 36.9 Å². The number of methoxy groups -OCH3 is 1. The molecule has 5 atom stereocenters. The summed E-state index contributed by atoms with van der Waals surface area (Å²) in [5, 5.41) is 40.1. The van der Waals surface area contributed by atoms with E-state index >= 15 is 0 Å². The first-order chi connectivity index (χ1) is 15.5. The molecule has 4 rings (SSSR count). The lowest BCUT2D eigenvalue weighted by Gasteiger charge is -2.40. The first-order valence-corrected chi connectivity index (χ1v) is 10.6. The number of aliphatic hydroxyl groups excluding tert-OH is 4. The standard InChI is InChI=1S/C26H28O6/c1-31-21-12-11-19(26-25(30)24(29)23(28)22(15-27)32-26)14-20(21)13-16-7-9-18(10-8-16)17-5-3-2-4-6-17/h2-12,14,22-30H,13,15H2,1H3. The van der Waals surface area contributed by atoms with E-state index in [1.807, 2.05) is 24.3 Å². The second-order valence-electron chi connectivity index (χ2n) is 8.06. The van der Waals surface area contributed by atoms with Crippen LogP contribution in [0.3, 0.4) is 0 Å². The molecule has 32 heavy (non-hydrogen) atoms. The molecule has 0 aliphatic carbocycles. The molecule has 3 aromatic carbocycles. The Morgan fingerprint density at radius 1 is 0.812 bits per heavy atom. The van der Waals surface area contributed by atoms with Crippen molar-refractivity contribution in [3.63, 3.8) is 0 Å². The molecule has 3 aromatic rings. The van der Waals surface area contributed by atoms with E-state index < -0.39 is 37.1 Å². The third-order valence-electron chi connectivity index (χ3n) is 5.98. The zero-order chi connectivity index (χ0) is 22.7. The molecule has 0 radical (unpaired) electrons. The predicted molar refractivity (Wildman–Crippen MR) is 120 cm³/mol. The van der Waals surface area contributed by atoms with Gasteiger partial charge in [0.15, 0.2) is 0 Å². The molecule has 5 unspecified atom stereocenters. The van der Waals surface area contributed by atoms with Crippen molar-refractivity contribution in [1.82, 2.24) is 0 Å². The van der Waals surface area contributed by atoms with Gasteiger partial charge in [0.05, 0.1) is 13.7 Å². The molecule has 1 heterocycles. The number of hydrogen-bond acceptors (Lipinski definition) is 6. The van der Waals surface area contributed by atoms with Gasteiger partial charge in [0.25, 0.3) is 0 Å². The highest BCUT2D eigenvalue weighted by Gasteiger charge is 2.44. The highest BCUT2D eigenvalue weighted by Crippen LogP contribution is 2.35. The smallest absolute Gasteiger partial charge is 0.122 e. The van der Waals surface area contributed by atoms with Crippen molar-refractivity contribution in [2.75, 3.05) is 13.7 Å². The van der Waals surface area contributed by atoms with Crippen LogP contribution in [0.25, 0.3) is 11.1 Å². The van der Waals surface area contributed by atoms with Crippen molar-refractivity contribution in [1.29, 1.82) is 0 Å². The maximum atomic E-state index is 10.5. The fraction of sp³-hybridized carbons (Fsp3) is 0.308. The van der Waals surface area contributed by atoms with Gasteiger partial charge >= 0.3 is 0 Å². The molecular formula is C26H28O6. The van der Waals surface area contributed by atoms with Crippen molar-refractivity contribution >= 4 is 0 Å². The van der Waals surface area contributed by atoms with Crippen LogP contribution in [0.15, 0.2) is 72.8 Å². The highest BCUT2D eigenvalue weighted by atomic mass is 16.5. The average molecular weight is 437 g/mol. The van der Waals surface area contributed by atoms with E-state index in [1.54, 1.807) is 19.2 Å². The third kappa shape index (κ3) is 4.55. The largest absolute Gasteiger partial charge is 0.496 e. The predicted octanol–water partition coefficient (Wildman–Crippen LogP) is 2.47. The van der Waals surface area contributed by atoms with Crippen LogP contribution >= 0.6 is 0 Å². The van der Waals surface area contributed by atoms with E-state index in [2.05, 4.69) is 36.4 Å². The summed E-state index contributed by atoms with van der Waals surface area (Å²) >= 11 is 0. The fourth-order valence-corrected chi connectivity index (χ4v) is 4.16. The van der Waals surface area contributed by atoms with Crippen molar-refractivity contribution in [2.24, 2.45) is 0 Å². The molecule has 6 heteroatoms. The van der Waals surface area contributed by atoms with Crippen LogP contribution in [0, 0.1) is 0 Å². The van der Waals surface area contributed by atoms with Gasteiger partial charge in [-0.1, -0.05) is 60.7 Å². The van der Waals surface area contributed by atoms with Crippen LogP contribution < -0.4 is 4.74 Å². The molecule has 1 aliphatic heterocycles. The lowest BCUT2D eigenvalue weighted by atomic mass is 9.90. The Morgan fingerprint density at radius 2 is 1.50 bits per heavy atom. The summed E-state index contributed by atoms with van der Waals surface area (Å²) in [6.45, 7) is -0.460. The molecule has 1 saturated heterocycles. The van der Waals surface area contributed by atoms with Crippen LogP contribution in [-0.4, -0.2) is 58.6 Å². The fourth-order valence-electron chi connectivity index (χ4n) is 4.16. The van der Waals surface area contributed by atoms with Crippen LogP contribution in [0.1, 0.15) is 22.8 Å². The summed E-state index contributed by atoms with van der Waals surface area (Å²) in [6.07, 6.45) is -5.35. The van der Waals surface area contributed by atoms with Gasteiger partial charge in [-0.15, -0.1) is 0 Å². The minimum atomic E-state index is -1.41. The maximum Gasteiger partial charge on any atom is 0.122 e. The molecule has 0 amide bonds. The van der Waals surface area contributed by atoms with Gasteiger partial charge in [0.1, 0.15) is 36.3 Å². The first kappa shape index (κ1) is 22.5. The summed E-state index contributed by atoms with van der Waals surface area (Å²) in [5.74, 6) is 0.700. The number of ether oxygens (including phenoxy) is 2. The summed E-state index contributed by atoms with van der Waals surface area (Å²) in [6, 6.07) is 23.9. The molecule has 6 nitrogen and oxygen atoms in total.